The maximum Gasteiger partial charge on any atom is 0.123 e. The van der Waals surface area contributed by atoms with Crippen molar-refractivity contribution in [2.45, 2.75) is 6.61 Å². The van der Waals surface area contributed by atoms with Crippen LogP contribution in [0.4, 0.5) is 10.1 Å². The summed E-state index contributed by atoms with van der Waals surface area (Å²) in [7, 11) is 0. The third-order valence-electron chi connectivity index (χ3n) is 5.16. The zero-order valence-corrected chi connectivity index (χ0v) is 18.0. The van der Waals surface area contributed by atoms with Crippen molar-refractivity contribution in [1.29, 1.82) is 0 Å². The van der Waals surface area contributed by atoms with Gasteiger partial charge in [0.15, 0.2) is 0 Å². The number of hydrogen-bond acceptors (Lipinski definition) is 3. The molecular weight excluding hydrogens is 419 g/mol. The van der Waals surface area contributed by atoms with E-state index in [0.29, 0.717) is 11.6 Å². The third-order valence-corrected chi connectivity index (χ3v) is 5.90. The molecule has 1 saturated heterocycles. The highest BCUT2D eigenvalue weighted by Gasteiger charge is 2.20. The van der Waals surface area contributed by atoms with Gasteiger partial charge in [0.25, 0.3) is 0 Å². The molecule has 3 nitrogen and oxygen atoms in total. The molecule has 0 spiro atoms. The first-order valence-electron chi connectivity index (χ1n) is 9.85. The second-order valence-electron chi connectivity index (χ2n) is 7.20. The zero-order chi connectivity index (χ0) is 20.9. The summed E-state index contributed by atoms with van der Waals surface area (Å²) in [5.41, 5.74) is 3.08. The number of benzene rings is 3. The van der Waals surface area contributed by atoms with Crippen LogP contribution in [0.25, 0.3) is 0 Å². The maximum absolute atomic E-state index is 13.1. The Bertz CT molecular complexity index is 1000. The zero-order valence-electron chi connectivity index (χ0n) is 16.4. The van der Waals surface area contributed by atoms with Crippen LogP contribution in [-0.2, 0) is 6.61 Å². The van der Waals surface area contributed by atoms with Gasteiger partial charge in [-0.25, -0.2) is 4.39 Å². The van der Waals surface area contributed by atoms with Gasteiger partial charge in [-0.1, -0.05) is 48.1 Å². The summed E-state index contributed by atoms with van der Waals surface area (Å²) >= 11 is 11.7. The quantitative estimate of drug-likeness (QED) is 0.483. The van der Waals surface area contributed by atoms with E-state index in [9.17, 15) is 4.39 Å². The van der Waals surface area contributed by atoms with E-state index in [4.69, 9.17) is 28.6 Å². The van der Waals surface area contributed by atoms with Crippen LogP contribution in [0.2, 0.25) is 5.02 Å². The van der Waals surface area contributed by atoms with E-state index in [1.165, 1.54) is 12.1 Å². The summed E-state index contributed by atoms with van der Waals surface area (Å²) in [4.78, 5) is 5.29. The molecule has 0 N–H and O–H groups in total. The molecule has 0 bridgehead atoms. The van der Waals surface area contributed by atoms with Crippen LogP contribution in [0.5, 0.6) is 5.75 Å². The van der Waals surface area contributed by atoms with Crippen LogP contribution in [0.3, 0.4) is 0 Å². The Morgan fingerprint density at radius 3 is 2.33 bits per heavy atom. The molecule has 3 aromatic carbocycles. The van der Waals surface area contributed by atoms with Gasteiger partial charge in [0, 0.05) is 42.5 Å². The van der Waals surface area contributed by atoms with Crippen LogP contribution in [0.15, 0.2) is 72.8 Å². The number of rotatable bonds is 5. The molecular formula is C24H22ClFN2OS. The molecule has 1 aliphatic heterocycles. The minimum Gasteiger partial charge on any atom is -0.489 e. The van der Waals surface area contributed by atoms with Crippen molar-refractivity contribution >= 4 is 34.5 Å². The number of piperazine rings is 1. The number of nitrogens with zero attached hydrogens (tertiary/aromatic N) is 2. The maximum atomic E-state index is 13.1. The monoisotopic (exact) mass is 440 g/mol. The molecule has 3 aromatic rings. The summed E-state index contributed by atoms with van der Waals surface area (Å²) in [6, 6.07) is 22.2. The van der Waals surface area contributed by atoms with Crippen LogP contribution in [-0.4, -0.2) is 36.1 Å². The van der Waals surface area contributed by atoms with Crippen LogP contribution in [0.1, 0.15) is 11.1 Å². The Morgan fingerprint density at radius 2 is 1.63 bits per heavy atom. The van der Waals surface area contributed by atoms with Crippen molar-refractivity contribution in [3.63, 3.8) is 0 Å². The molecule has 1 fully saturated rings. The Kier molecular flexibility index (Phi) is 6.50. The standard InChI is InChI=1S/C24H22ClFN2OS/c25-20-6-4-18(5-7-20)17-29-23-3-1-2-19(16-23)24(30)28-14-12-27(13-15-28)22-10-8-21(26)9-11-22/h1-11,16H,12-15,17H2. The second-order valence-corrected chi connectivity index (χ2v) is 8.02. The third kappa shape index (κ3) is 5.10. The van der Waals surface area contributed by atoms with Gasteiger partial charge >= 0.3 is 0 Å². The fourth-order valence-corrected chi connectivity index (χ4v) is 3.90. The average molecular weight is 441 g/mol. The lowest BCUT2D eigenvalue weighted by Crippen LogP contribution is -2.48. The highest BCUT2D eigenvalue weighted by atomic mass is 35.5. The van der Waals surface area contributed by atoms with Gasteiger partial charge in [-0.2, -0.15) is 0 Å². The summed E-state index contributed by atoms with van der Waals surface area (Å²) in [5.74, 6) is 0.575. The molecule has 0 amide bonds. The minimum atomic E-state index is -0.211. The molecule has 0 radical (unpaired) electrons. The van der Waals surface area contributed by atoms with Crippen molar-refractivity contribution in [3.05, 3.63) is 94.8 Å². The molecule has 0 atom stereocenters. The van der Waals surface area contributed by atoms with E-state index < -0.39 is 0 Å². The number of halogens is 2. The van der Waals surface area contributed by atoms with Gasteiger partial charge in [0.05, 0.1) is 0 Å². The molecule has 0 unspecified atom stereocenters. The van der Waals surface area contributed by atoms with Crippen molar-refractivity contribution in [3.8, 4) is 5.75 Å². The first-order valence-corrected chi connectivity index (χ1v) is 10.6. The van der Waals surface area contributed by atoms with E-state index in [1.807, 2.05) is 60.7 Å². The van der Waals surface area contributed by atoms with E-state index in [0.717, 1.165) is 53.7 Å². The van der Waals surface area contributed by atoms with Crippen molar-refractivity contribution < 1.29 is 9.13 Å². The lowest BCUT2D eigenvalue weighted by molar-refractivity contribution is 0.306. The Morgan fingerprint density at radius 1 is 0.933 bits per heavy atom. The molecule has 154 valence electrons. The van der Waals surface area contributed by atoms with Gasteiger partial charge in [0.2, 0.25) is 0 Å². The van der Waals surface area contributed by atoms with Gasteiger partial charge in [-0.3, -0.25) is 0 Å². The van der Waals surface area contributed by atoms with Crippen molar-refractivity contribution in [2.24, 2.45) is 0 Å². The molecule has 0 aromatic heterocycles. The Balaban J connectivity index is 1.35. The second kappa shape index (κ2) is 9.45. The number of anilines is 1. The smallest absolute Gasteiger partial charge is 0.123 e. The lowest BCUT2D eigenvalue weighted by atomic mass is 10.1. The normalized spacial score (nSPS) is 13.9. The largest absolute Gasteiger partial charge is 0.489 e. The van der Waals surface area contributed by atoms with E-state index >= 15 is 0 Å². The summed E-state index contributed by atoms with van der Waals surface area (Å²) < 4.78 is 19.1. The molecule has 0 saturated carbocycles. The van der Waals surface area contributed by atoms with E-state index in [2.05, 4.69) is 9.80 Å². The molecule has 0 aliphatic carbocycles. The van der Waals surface area contributed by atoms with Crippen LogP contribution < -0.4 is 9.64 Å². The Hall–Kier alpha value is -2.63. The van der Waals surface area contributed by atoms with Gasteiger partial charge < -0.3 is 14.5 Å². The summed E-state index contributed by atoms with van der Waals surface area (Å²) in [5, 5.41) is 0.714. The SMILES string of the molecule is Fc1ccc(N2CCN(C(=S)c3cccc(OCc4ccc(Cl)cc4)c3)CC2)cc1. The average Bonchev–Trinajstić information content (AvgIpc) is 2.79. The topological polar surface area (TPSA) is 15.7 Å². The predicted molar refractivity (Wildman–Crippen MR) is 124 cm³/mol. The fraction of sp³-hybridized carbons (Fsp3) is 0.208. The number of ether oxygens (including phenoxy) is 1. The predicted octanol–water partition coefficient (Wildman–Crippen LogP) is 5.56. The van der Waals surface area contributed by atoms with Crippen molar-refractivity contribution in [2.75, 3.05) is 31.1 Å². The lowest BCUT2D eigenvalue weighted by Gasteiger charge is -2.37. The van der Waals surface area contributed by atoms with Crippen LogP contribution in [0, 0.1) is 5.82 Å². The van der Waals surface area contributed by atoms with E-state index in [1.54, 1.807) is 0 Å². The molecule has 1 aliphatic rings. The van der Waals surface area contributed by atoms with Gasteiger partial charge in [-0.05, 0) is 54.1 Å². The highest BCUT2D eigenvalue weighted by molar-refractivity contribution is 7.80. The number of thiocarbonyl (C=S) groups is 1. The minimum absolute atomic E-state index is 0.211. The van der Waals surface area contributed by atoms with E-state index in [-0.39, 0.29) is 5.82 Å². The van der Waals surface area contributed by atoms with Gasteiger partial charge in [-0.15, -0.1) is 0 Å². The first kappa shape index (κ1) is 20.6. The molecule has 30 heavy (non-hydrogen) atoms. The molecule has 4 rings (SSSR count). The summed E-state index contributed by atoms with van der Waals surface area (Å²) in [6.07, 6.45) is 0. The first-order chi connectivity index (χ1) is 14.6. The highest BCUT2D eigenvalue weighted by Crippen LogP contribution is 2.21. The fourth-order valence-electron chi connectivity index (χ4n) is 3.47. The summed E-state index contributed by atoms with van der Waals surface area (Å²) in [6.45, 7) is 3.82. The number of hydrogen-bond donors (Lipinski definition) is 0. The Labute approximate surface area is 186 Å². The van der Waals surface area contributed by atoms with Crippen molar-refractivity contribution in [1.82, 2.24) is 4.90 Å². The van der Waals surface area contributed by atoms with Crippen LogP contribution >= 0.6 is 23.8 Å². The molecule has 1 heterocycles. The van der Waals surface area contributed by atoms with Gasteiger partial charge in [0.1, 0.15) is 23.2 Å². The molecule has 6 heteroatoms.